The number of hydrogen-bond acceptors (Lipinski definition) is 1. The van der Waals surface area contributed by atoms with Crippen molar-refractivity contribution in [2.24, 2.45) is 0 Å². The lowest BCUT2D eigenvalue weighted by Crippen LogP contribution is -2.27. The summed E-state index contributed by atoms with van der Waals surface area (Å²) in [6.07, 6.45) is -2.65. The minimum Gasteiger partial charge on any atom is -0.312 e. The molecule has 0 aliphatic carbocycles. The van der Waals surface area contributed by atoms with E-state index in [4.69, 9.17) is 0 Å². The van der Waals surface area contributed by atoms with Gasteiger partial charge in [0.1, 0.15) is 6.54 Å². The van der Waals surface area contributed by atoms with Gasteiger partial charge in [0.05, 0.1) is 0 Å². The molecule has 1 aromatic heterocycles. The first-order valence-corrected chi connectivity index (χ1v) is 3.78. The van der Waals surface area contributed by atoms with Gasteiger partial charge in [0, 0.05) is 11.9 Å². The van der Waals surface area contributed by atoms with Crippen molar-refractivity contribution < 1.29 is 13.2 Å². The zero-order valence-corrected chi connectivity index (χ0v) is 6.98. The first-order chi connectivity index (χ1) is 5.94. The maximum atomic E-state index is 11.9. The minimum absolute atomic E-state index is 0.363. The van der Waals surface area contributed by atoms with Gasteiger partial charge in [-0.05, 0) is 6.42 Å². The molecule has 0 radical (unpaired) electrons. The second kappa shape index (κ2) is 3.27. The monoisotopic (exact) mass is 194 g/mol. The van der Waals surface area contributed by atoms with E-state index < -0.39 is 18.4 Å². The zero-order valence-electron chi connectivity index (χ0n) is 6.98. The third-order valence-corrected chi connectivity index (χ3v) is 1.65. The SMILES string of the molecule is CCc1c[nH]c(=O)n1CC(F)(F)F. The highest BCUT2D eigenvalue weighted by atomic mass is 19.4. The van der Waals surface area contributed by atoms with Crippen molar-refractivity contribution in [2.75, 3.05) is 0 Å². The van der Waals surface area contributed by atoms with E-state index in [0.29, 0.717) is 16.7 Å². The van der Waals surface area contributed by atoms with Gasteiger partial charge in [-0.3, -0.25) is 4.57 Å². The van der Waals surface area contributed by atoms with Gasteiger partial charge in [0.2, 0.25) is 0 Å². The maximum absolute atomic E-state index is 11.9. The Morgan fingerprint density at radius 1 is 1.54 bits per heavy atom. The Labute approximate surface area is 72.2 Å². The number of hydrogen-bond donors (Lipinski definition) is 1. The van der Waals surface area contributed by atoms with E-state index in [0.717, 1.165) is 0 Å². The molecule has 6 heteroatoms. The highest BCUT2D eigenvalue weighted by Crippen LogP contribution is 2.17. The summed E-state index contributed by atoms with van der Waals surface area (Å²) in [7, 11) is 0. The quantitative estimate of drug-likeness (QED) is 0.757. The summed E-state index contributed by atoms with van der Waals surface area (Å²) in [5, 5.41) is 0. The molecule has 0 fully saturated rings. The molecule has 0 spiro atoms. The van der Waals surface area contributed by atoms with Crippen LogP contribution in [0.15, 0.2) is 11.0 Å². The van der Waals surface area contributed by atoms with Crippen LogP contribution in [0.3, 0.4) is 0 Å². The number of aromatic amines is 1. The summed E-state index contributed by atoms with van der Waals surface area (Å²) in [6, 6.07) is 0. The minimum atomic E-state index is -4.35. The van der Waals surface area contributed by atoms with Crippen molar-refractivity contribution in [2.45, 2.75) is 26.1 Å². The molecule has 0 aliphatic heterocycles. The van der Waals surface area contributed by atoms with Gasteiger partial charge >= 0.3 is 11.9 Å². The van der Waals surface area contributed by atoms with E-state index in [1.54, 1.807) is 6.92 Å². The molecule has 0 unspecified atom stereocenters. The number of imidazole rings is 1. The molecule has 1 aromatic rings. The lowest BCUT2D eigenvalue weighted by molar-refractivity contribution is -0.141. The fourth-order valence-electron chi connectivity index (χ4n) is 1.08. The molecule has 1 heterocycles. The summed E-state index contributed by atoms with van der Waals surface area (Å²) in [5.74, 6) is 0. The summed E-state index contributed by atoms with van der Waals surface area (Å²) in [5.41, 5.74) is -0.350. The van der Waals surface area contributed by atoms with E-state index in [2.05, 4.69) is 4.98 Å². The molecular formula is C7H9F3N2O. The molecule has 0 saturated heterocycles. The first-order valence-electron chi connectivity index (χ1n) is 3.78. The Hall–Kier alpha value is -1.20. The molecule has 0 aromatic carbocycles. The standard InChI is InChI=1S/C7H9F3N2O/c1-2-5-3-11-6(13)12(5)4-7(8,9)10/h3H,2,4H2,1H3,(H,11,13). The molecule has 0 aliphatic rings. The first kappa shape index (κ1) is 9.88. The number of nitrogens with one attached hydrogen (secondary N) is 1. The molecule has 3 nitrogen and oxygen atoms in total. The normalized spacial score (nSPS) is 12.0. The highest BCUT2D eigenvalue weighted by molar-refractivity contribution is 4.98. The van der Waals surface area contributed by atoms with Crippen LogP contribution in [0.1, 0.15) is 12.6 Å². The van der Waals surface area contributed by atoms with E-state index in [9.17, 15) is 18.0 Å². The van der Waals surface area contributed by atoms with Crippen LogP contribution in [0.5, 0.6) is 0 Å². The van der Waals surface area contributed by atoms with Crippen molar-refractivity contribution in [3.63, 3.8) is 0 Å². The zero-order chi connectivity index (χ0) is 10.1. The Morgan fingerprint density at radius 3 is 2.62 bits per heavy atom. The van der Waals surface area contributed by atoms with Crippen molar-refractivity contribution in [1.29, 1.82) is 0 Å². The van der Waals surface area contributed by atoms with E-state index >= 15 is 0 Å². The van der Waals surface area contributed by atoms with Gasteiger partial charge in [-0.15, -0.1) is 0 Å². The van der Waals surface area contributed by atoms with Gasteiger partial charge in [-0.25, -0.2) is 4.79 Å². The van der Waals surface area contributed by atoms with Gasteiger partial charge in [0.15, 0.2) is 0 Å². The number of H-pyrrole nitrogens is 1. The number of halogens is 3. The largest absolute Gasteiger partial charge is 0.406 e. The number of aryl methyl sites for hydroxylation is 1. The van der Waals surface area contributed by atoms with E-state index in [-0.39, 0.29) is 0 Å². The Balaban J connectivity index is 2.99. The van der Waals surface area contributed by atoms with Crippen LogP contribution in [0, 0.1) is 0 Å². The molecule has 0 amide bonds. The average Bonchev–Trinajstić information content (AvgIpc) is 2.30. The Bertz CT molecular complexity index is 336. The third-order valence-electron chi connectivity index (χ3n) is 1.65. The average molecular weight is 194 g/mol. The molecule has 0 bridgehead atoms. The molecular weight excluding hydrogens is 185 g/mol. The predicted octanol–water partition coefficient (Wildman–Crippen LogP) is 1.30. The second-order valence-corrected chi connectivity index (χ2v) is 2.64. The maximum Gasteiger partial charge on any atom is 0.406 e. The van der Waals surface area contributed by atoms with Crippen molar-refractivity contribution >= 4 is 0 Å². The molecule has 74 valence electrons. The lowest BCUT2D eigenvalue weighted by atomic mass is 10.3. The Morgan fingerprint density at radius 2 is 2.15 bits per heavy atom. The van der Waals surface area contributed by atoms with Crippen LogP contribution in [0.2, 0.25) is 0 Å². The van der Waals surface area contributed by atoms with Crippen molar-refractivity contribution in [1.82, 2.24) is 9.55 Å². The smallest absolute Gasteiger partial charge is 0.312 e. The second-order valence-electron chi connectivity index (χ2n) is 2.64. The molecule has 1 N–H and O–H groups in total. The highest BCUT2D eigenvalue weighted by Gasteiger charge is 2.29. The van der Waals surface area contributed by atoms with Crippen LogP contribution in [0.4, 0.5) is 13.2 Å². The fraction of sp³-hybridized carbons (Fsp3) is 0.571. The fourth-order valence-corrected chi connectivity index (χ4v) is 1.08. The van der Waals surface area contributed by atoms with E-state index in [1.807, 2.05) is 0 Å². The van der Waals surface area contributed by atoms with Crippen LogP contribution >= 0.6 is 0 Å². The van der Waals surface area contributed by atoms with Crippen LogP contribution in [-0.2, 0) is 13.0 Å². The number of alkyl halides is 3. The van der Waals surface area contributed by atoms with E-state index in [1.165, 1.54) is 6.20 Å². The van der Waals surface area contributed by atoms with Gasteiger partial charge in [0.25, 0.3) is 0 Å². The summed E-state index contributed by atoms with van der Waals surface area (Å²) < 4.78 is 36.5. The predicted molar refractivity (Wildman–Crippen MR) is 40.5 cm³/mol. The summed E-state index contributed by atoms with van der Waals surface area (Å²) >= 11 is 0. The van der Waals surface area contributed by atoms with Gasteiger partial charge < -0.3 is 4.98 Å². The topological polar surface area (TPSA) is 37.8 Å². The molecule has 0 atom stereocenters. The summed E-state index contributed by atoms with van der Waals surface area (Å²) in [4.78, 5) is 13.1. The van der Waals surface area contributed by atoms with Crippen LogP contribution in [0.25, 0.3) is 0 Å². The molecule has 0 saturated carbocycles. The Kier molecular flexibility index (Phi) is 2.49. The van der Waals surface area contributed by atoms with Crippen molar-refractivity contribution in [3.8, 4) is 0 Å². The number of aromatic nitrogens is 2. The van der Waals surface area contributed by atoms with Gasteiger partial charge in [-0.1, -0.05) is 6.92 Å². The van der Waals surface area contributed by atoms with Crippen LogP contribution in [-0.4, -0.2) is 15.7 Å². The van der Waals surface area contributed by atoms with Crippen molar-refractivity contribution in [3.05, 3.63) is 22.4 Å². The number of nitrogens with zero attached hydrogens (tertiary/aromatic N) is 1. The van der Waals surface area contributed by atoms with Crippen LogP contribution < -0.4 is 5.69 Å². The third kappa shape index (κ3) is 2.37. The number of rotatable bonds is 2. The summed E-state index contributed by atoms with van der Waals surface area (Å²) in [6.45, 7) is 0.466. The lowest BCUT2D eigenvalue weighted by Gasteiger charge is -2.08. The molecule has 13 heavy (non-hydrogen) atoms. The molecule has 1 rings (SSSR count). The van der Waals surface area contributed by atoms with Gasteiger partial charge in [-0.2, -0.15) is 13.2 Å².